The SMILES string of the molecule is COc1ccc([S])c([N+](=O)[O-])c1. The van der Waals surface area contributed by atoms with Crippen LogP contribution in [0.3, 0.4) is 0 Å². The van der Waals surface area contributed by atoms with Crippen LogP contribution in [-0.4, -0.2) is 12.0 Å². The zero-order chi connectivity index (χ0) is 9.14. The average Bonchev–Trinajstić information content (AvgIpc) is 2.05. The molecule has 0 saturated heterocycles. The van der Waals surface area contributed by atoms with Gasteiger partial charge < -0.3 is 4.74 Å². The lowest BCUT2D eigenvalue weighted by atomic mass is 10.3. The highest BCUT2D eigenvalue weighted by Crippen LogP contribution is 2.26. The Labute approximate surface area is 74.7 Å². The van der Waals surface area contributed by atoms with E-state index in [0.717, 1.165) is 0 Å². The molecule has 0 saturated carbocycles. The first-order chi connectivity index (χ1) is 5.65. The van der Waals surface area contributed by atoms with Crippen molar-refractivity contribution >= 4 is 18.3 Å². The normalized spacial score (nSPS) is 9.42. The van der Waals surface area contributed by atoms with Gasteiger partial charge in [-0.2, -0.15) is 0 Å². The van der Waals surface area contributed by atoms with Crippen molar-refractivity contribution < 1.29 is 9.66 Å². The second-order valence-corrected chi connectivity index (χ2v) is 2.53. The van der Waals surface area contributed by atoms with Crippen LogP contribution in [0.15, 0.2) is 23.1 Å². The zero-order valence-corrected chi connectivity index (χ0v) is 7.13. The Hall–Kier alpha value is -1.36. The van der Waals surface area contributed by atoms with Crippen LogP contribution >= 0.6 is 12.6 Å². The summed E-state index contributed by atoms with van der Waals surface area (Å²) in [4.78, 5) is 10.1. The fourth-order valence-electron chi connectivity index (χ4n) is 0.767. The molecular weight excluding hydrogens is 178 g/mol. The van der Waals surface area contributed by atoms with Gasteiger partial charge >= 0.3 is 0 Å². The van der Waals surface area contributed by atoms with E-state index >= 15 is 0 Å². The lowest BCUT2D eigenvalue weighted by Gasteiger charge is -1.99. The van der Waals surface area contributed by atoms with Crippen molar-refractivity contribution in [2.24, 2.45) is 0 Å². The first kappa shape index (κ1) is 8.73. The molecule has 0 fully saturated rings. The molecule has 1 aromatic rings. The molecule has 0 bridgehead atoms. The molecule has 0 spiro atoms. The van der Waals surface area contributed by atoms with Crippen molar-refractivity contribution in [3.05, 3.63) is 28.3 Å². The average molecular weight is 184 g/mol. The van der Waals surface area contributed by atoms with Crippen molar-refractivity contribution in [3.63, 3.8) is 0 Å². The fraction of sp³-hybridized carbons (Fsp3) is 0.143. The summed E-state index contributed by atoms with van der Waals surface area (Å²) in [7, 11) is 1.45. The molecule has 0 atom stereocenters. The van der Waals surface area contributed by atoms with E-state index in [1.165, 1.54) is 19.2 Å². The number of rotatable bonds is 2. The minimum absolute atomic E-state index is 0.0932. The zero-order valence-electron chi connectivity index (χ0n) is 6.31. The van der Waals surface area contributed by atoms with Crippen LogP contribution in [0.5, 0.6) is 5.75 Å². The summed E-state index contributed by atoms with van der Waals surface area (Å²) in [6.07, 6.45) is 0. The van der Waals surface area contributed by atoms with Gasteiger partial charge in [-0.05, 0) is 12.1 Å². The number of hydrogen-bond donors (Lipinski definition) is 0. The lowest BCUT2D eigenvalue weighted by Crippen LogP contribution is -1.91. The van der Waals surface area contributed by atoms with Gasteiger partial charge in [-0.15, -0.1) is 0 Å². The van der Waals surface area contributed by atoms with Crippen molar-refractivity contribution in [2.75, 3.05) is 7.11 Å². The minimum Gasteiger partial charge on any atom is -0.496 e. The van der Waals surface area contributed by atoms with Crippen molar-refractivity contribution in [3.8, 4) is 5.75 Å². The molecule has 1 rings (SSSR count). The summed E-state index contributed by atoms with van der Waals surface area (Å²) in [5, 5.41) is 10.4. The highest BCUT2D eigenvalue weighted by atomic mass is 32.1. The van der Waals surface area contributed by atoms with E-state index in [0.29, 0.717) is 5.75 Å². The van der Waals surface area contributed by atoms with Crippen LogP contribution in [0.1, 0.15) is 0 Å². The smallest absolute Gasteiger partial charge is 0.291 e. The van der Waals surface area contributed by atoms with Crippen molar-refractivity contribution in [1.82, 2.24) is 0 Å². The molecule has 0 aliphatic carbocycles. The number of hydrogen-bond acceptors (Lipinski definition) is 3. The topological polar surface area (TPSA) is 52.4 Å². The number of benzene rings is 1. The van der Waals surface area contributed by atoms with E-state index in [1.54, 1.807) is 6.07 Å². The third-order valence-corrected chi connectivity index (χ3v) is 1.71. The number of ether oxygens (including phenoxy) is 1. The molecule has 0 amide bonds. The van der Waals surface area contributed by atoms with Crippen LogP contribution in [0.2, 0.25) is 0 Å². The van der Waals surface area contributed by atoms with Crippen molar-refractivity contribution in [1.29, 1.82) is 0 Å². The highest BCUT2D eigenvalue weighted by molar-refractivity contribution is 7.80. The second-order valence-electron chi connectivity index (χ2n) is 2.09. The van der Waals surface area contributed by atoms with Crippen LogP contribution in [0, 0.1) is 10.1 Å². The molecule has 0 aliphatic heterocycles. The van der Waals surface area contributed by atoms with Crippen molar-refractivity contribution in [2.45, 2.75) is 4.90 Å². The Morgan fingerprint density at radius 2 is 2.25 bits per heavy atom. The first-order valence-electron chi connectivity index (χ1n) is 3.14. The van der Waals surface area contributed by atoms with Gasteiger partial charge in [-0.1, -0.05) is 12.6 Å². The molecule has 4 nitrogen and oxygen atoms in total. The van der Waals surface area contributed by atoms with Gasteiger partial charge in [0, 0.05) is 0 Å². The predicted octanol–water partition coefficient (Wildman–Crippen LogP) is 2.16. The maximum atomic E-state index is 10.4. The molecule has 0 heterocycles. The molecule has 63 valence electrons. The Bertz CT molecular complexity index is 314. The third-order valence-electron chi connectivity index (χ3n) is 1.36. The van der Waals surface area contributed by atoms with E-state index in [1.807, 2.05) is 0 Å². The standard InChI is InChI=1S/C7H6NO3S/c1-11-5-2-3-7(12)6(4-5)8(9)10/h2-4H,1H3. The van der Waals surface area contributed by atoms with Crippen LogP contribution < -0.4 is 4.74 Å². The van der Waals surface area contributed by atoms with E-state index in [4.69, 9.17) is 17.4 Å². The Balaban J connectivity index is 3.17. The first-order valence-corrected chi connectivity index (χ1v) is 3.55. The Morgan fingerprint density at radius 1 is 1.58 bits per heavy atom. The summed E-state index contributed by atoms with van der Waals surface area (Å²) < 4.78 is 4.81. The predicted molar refractivity (Wildman–Crippen MR) is 45.5 cm³/mol. The fourth-order valence-corrected chi connectivity index (χ4v) is 0.968. The van der Waals surface area contributed by atoms with Gasteiger partial charge in [-0.3, -0.25) is 10.1 Å². The summed E-state index contributed by atoms with van der Waals surface area (Å²) >= 11 is 4.74. The highest BCUT2D eigenvalue weighted by Gasteiger charge is 2.12. The third kappa shape index (κ3) is 1.62. The summed E-state index contributed by atoms with van der Waals surface area (Å²) in [6.45, 7) is 0. The molecule has 1 aromatic carbocycles. The van der Waals surface area contributed by atoms with E-state index in [2.05, 4.69) is 0 Å². The van der Waals surface area contributed by atoms with Gasteiger partial charge in [-0.25, -0.2) is 0 Å². The largest absolute Gasteiger partial charge is 0.496 e. The monoisotopic (exact) mass is 184 g/mol. The van der Waals surface area contributed by atoms with Gasteiger partial charge in [0.2, 0.25) is 0 Å². The van der Waals surface area contributed by atoms with E-state index < -0.39 is 4.92 Å². The van der Waals surface area contributed by atoms with Crippen LogP contribution in [0.25, 0.3) is 0 Å². The second kappa shape index (κ2) is 3.36. The molecule has 5 heteroatoms. The van der Waals surface area contributed by atoms with E-state index in [-0.39, 0.29) is 10.6 Å². The molecule has 0 unspecified atom stereocenters. The molecule has 0 aliphatic rings. The van der Waals surface area contributed by atoms with Crippen LogP contribution in [-0.2, 0) is 0 Å². The Kier molecular flexibility index (Phi) is 2.44. The molecule has 12 heavy (non-hydrogen) atoms. The molecule has 1 radical (unpaired) electrons. The Morgan fingerprint density at radius 3 is 2.75 bits per heavy atom. The number of nitrogens with zero attached hydrogens (tertiary/aromatic N) is 1. The number of nitro groups is 1. The minimum atomic E-state index is -0.523. The van der Waals surface area contributed by atoms with Gasteiger partial charge in [0.05, 0.1) is 18.1 Å². The maximum absolute atomic E-state index is 10.4. The summed E-state index contributed by atoms with van der Waals surface area (Å²) in [5.41, 5.74) is -0.0932. The van der Waals surface area contributed by atoms with E-state index in [9.17, 15) is 10.1 Å². The summed E-state index contributed by atoms with van der Waals surface area (Å²) in [5.74, 6) is 0.440. The molecule has 0 aromatic heterocycles. The van der Waals surface area contributed by atoms with Gasteiger partial charge in [0.1, 0.15) is 10.6 Å². The number of methoxy groups -OCH3 is 1. The van der Waals surface area contributed by atoms with Gasteiger partial charge in [0.15, 0.2) is 0 Å². The maximum Gasteiger partial charge on any atom is 0.291 e. The summed E-state index contributed by atoms with van der Waals surface area (Å²) in [6, 6.07) is 4.38. The van der Waals surface area contributed by atoms with Gasteiger partial charge in [0.25, 0.3) is 5.69 Å². The van der Waals surface area contributed by atoms with Crippen LogP contribution in [0.4, 0.5) is 5.69 Å². The number of nitro benzene ring substituents is 1. The molecular formula is C7H6NO3S. The quantitative estimate of drug-likeness (QED) is 0.522. The lowest BCUT2D eigenvalue weighted by molar-refractivity contribution is -0.387. The molecule has 0 N–H and O–H groups in total.